The monoisotopic (exact) mass is 290 g/mol. The zero-order valence-corrected chi connectivity index (χ0v) is 12.1. The quantitative estimate of drug-likeness (QED) is 0.763. The standard InChI is InChI=1S/C15H22N4O2/c16-11-12-4-3-5-13(10-12)18-15(21)17-7-6-14(20)19-8-1-2-9-19/h3-5,10H,1-2,6-9,11,16H2,(H2,17,18,21). The summed E-state index contributed by atoms with van der Waals surface area (Å²) in [4.78, 5) is 25.4. The van der Waals surface area contributed by atoms with Gasteiger partial charge in [0.1, 0.15) is 0 Å². The molecule has 21 heavy (non-hydrogen) atoms. The van der Waals surface area contributed by atoms with Crippen LogP contribution in [-0.4, -0.2) is 36.5 Å². The molecule has 0 radical (unpaired) electrons. The molecule has 1 heterocycles. The number of hydrogen-bond acceptors (Lipinski definition) is 3. The molecule has 0 aliphatic carbocycles. The van der Waals surface area contributed by atoms with Gasteiger partial charge in [0.05, 0.1) is 0 Å². The molecule has 3 amide bonds. The third kappa shape index (κ3) is 4.75. The smallest absolute Gasteiger partial charge is 0.319 e. The van der Waals surface area contributed by atoms with E-state index in [0.717, 1.165) is 31.5 Å². The van der Waals surface area contributed by atoms with E-state index in [1.165, 1.54) is 0 Å². The number of amides is 3. The van der Waals surface area contributed by atoms with E-state index in [2.05, 4.69) is 10.6 Å². The minimum Gasteiger partial charge on any atom is -0.343 e. The highest BCUT2D eigenvalue weighted by Crippen LogP contribution is 2.10. The average Bonchev–Trinajstić information content (AvgIpc) is 3.01. The lowest BCUT2D eigenvalue weighted by molar-refractivity contribution is -0.129. The number of benzene rings is 1. The Kier molecular flexibility index (Phi) is 5.57. The molecule has 114 valence electrons. The van der Waals surface area contributed by atoms with Crippen LogP contribution in [0.1, 0.15) is 24.8 Å². The van der Waals surface area contributed by atoms with E-state index in [1.807, 2.05) is 23.1 Å². The maximum atomic E-state index is 11.8. The Bertz CT molecular complexity index is 498. The molecule has 1 aliphatic heterocycles. The van der Waals surface area contributed by atoms with Crippen molar-refractivity contribution in [3.8, 4) is 0 Å². The molecular formula is C15H22N4O2. The Hall–Kier alpha value is -2.08. The molecule has 0 saturated carbocycles. The predicted octanol–water partition coefficient (Wildman–Crippen LogP) is 1.28. The Morgan fingerprint density at radius 3 is 2.71 bits per heavy atom. The summed E-state index contributed by atoms with van der Waals surface area (Å²) in [6.07, 6.45) is 2.50. The molecule has 4 N–H and O–H groups in total. The molecular weight excluding hydrogens is 268 g/mol. The van der Waals surface area contributed by atoms with E-state index in [-0.39, 0.29) is 11.9 Å². The molecule has 0 aromatic heterocycles. The average molecular weight is 290 g/mol. The molecule has 6 heteroatoms. The van der Waals surface area contributed by atoms with Crippen molar-refractivity contribution < 1.29 is 9.59 Å². The topological polar surface area (TPSA) is 87.5 Å². The maximum Gasteiger partial charge on any atom is 0.319 e. The first-order valence-electron chi connectivity index (χ1n) is 7.30. The van der Waals surface area contributed by atoms with Crippen LogP contribution in [0.4, 0.5) is 10.5 Å². The van der Waals surface area contributed by atoms with Crippen molar-refractivity contribution in [3.63, 3.8) is 0 Å². The molecule has 6 nitrogen and oxygen atoms in total. The van der Waals surface area contributed by atoms with E-state index in [1.54, 1.807) is 6.07 Å². The summed E-state index contributed by atoms with van der Waals surface area (Å²) >= 11 is 0. The van der Waals surface area contributed by atoms with E-state index in [0.29, 0.717) is 25.2 Å². The van der Waals surface area contributed by atoms with Crippen molar-refractivity contribution in [2.75, 3.05) is 25.0 Å². The van der Waals surface area contributed by atoms with E-state index >= 15 is 0 Å². The van der Waals surface area contributed by atoms with Gasteiger partial charge in [-0.3, -0.25) is 4.79 Å². The van der Waals surface area contributed by atoms with Crippen LogP contribution in [0.5, 0.6) is 0 Å². The van der Waals surface area contributed by atoms with Crippen molar-refractivity contribution in [1.82, 2.24) is 10.2 Å². The summed E-state index contributed by atoms with van der Waals surface area (Å²) in [6, 6.07) is 7.06. The molecule has 0 unspecified atom stereocenters. The number of nitrogens with one attached hydrogen (secondary N) is 2. The van der Waals surface area contributed by atoms with E-state index in [9.17, 15) is 9.59 Å². The van der Waals surface area contributed by atoms with Crippen LogP contribution >= 0.6 is 0 Å². The van der Waals surface area contributed by atoms with Gasteiger partial charge in [-0.2, -0.15) is 0 Å². The molecule has 0 atom stereocenters. The fraction of sp³-hybridized carbons (Fsp3) is 0.467. The van der Waals surface area contributed by atoms with Gasteiger partial charge in [0.25, 0.3) is 0 Å². The zero-order valence-electron chi connectivity index (χ0n) is 12.1. The third-order valence-electron chi connectivity index (χ3n) is 3.50. The van der Waals surface area contributed by atoms with E-state index < -0.39 is 0 Å². The fourth-order valence-corrected chi connectivity index (χ4v) is 2.36. The summed E-state index contributed by atoms with van der Waals surface area (Å²) in [6.45, 7) is 2.47. The number of nitrogens with zero attached hydrogens (tertiary/aromatic N) is 1. The molecule has 1 fully saturated rings. The highest BCUT2D eigenvalue weighted by Gasteiger charge is 2.17. The molecule has 1 aliphatic rings. The van der Waals surface area contributed by atoms with Gasteiger partial charge >= 0.3 is 6.03 Å². The second-order valence-corrected chi connectivity index (χ2v) is 5.12. The minimum atomic E-state index is -0.307. The van der Waals surface area contributed by atoms with Crippen LogP contribution in [0.15, 0.2) is 24.3 Å². The second-order valence-electron chi connectivity index (χ2n) is 5.12. The first-order chi connectivity index (χ1) is 10.2. The largest absolute Gasteiger partial charge is 0.343 e. The van der Waals surface area contributed by atoms with Gasteiger partial charge in [0.15, 0.2) is 0 Å². The summed E-state index contributed by atoms with van der Waals surface area (Å²) in [5, 5.41) is 5.42. The van der Waals surface area contributed by atoms with E-state index in [4.69, 9.17) is 5.73 Å². The summed E-state index contributed by atoms with van der Waals surface area (Å²) in [5.74, 6) is 0.109. The number of carbonyl (C=O) groups is 2. The summed E-state index contributed by atoms with van der Waals surface area (Å²) < 4.78 is 0. The number of anilines is 1. The van der Waals surface area contributed by atoms with Gasteiger partial charge in [-0.1, -0.05) is 12.1 Å². The molecule has 0 spiro atoms. The molecule has 2 rings (SSSR count). The fourth-order valence-electron chi connectivity index (χ4n) is 2.36. The van der Waals surface area contributed by atoms with Crippen molar-refractivity contribution in [3.05, 3.63) is 29.8 Å². The van der Waals surface area contributed by atoms with Crippen molar-refractivity contribution >= 4 is 17.6 Å². The van der Waals surface area contributed by atoms with Crippen LogP contribution in [-0.2, 0) is 11.3 Å². The second kappa shape index (κ2) is 7.64. The van der Waals surface area contributed by atoms with Crippen molar-refractivity contribution in [1.29, 1.82) is 0 Å². The van der Waals surface area contributed by atoms with Gasteiger partial charge in [-0.15, -0.1) is 0 Å². The van der Waals surface area contributed by atoms with Gasteiger partial charge in [-0.05, 0) is 30.5 Å². The van der Waals surface area contributed by atoms with Crippen LogP contribution < -0.4 is 16.4 Å². The van der Waals surface area contributed by atoms with Crippen molar-refractivity contribution in [2.45, 2.75) is 25.8 Å². The Morgan fingerprint density at radius 2 is 2.00 bits per heavy atom. The SMILES string of the molecule is NCc1cccc(NC(=O)NCCC(=O)N2CCCC2)c1. The van der Waals surface area contributed by atoms with Crippen LogP contribution in [0.3, 0.4) is 0 Å². The normalized spacial score (nSPS) is 14.0. The Labute approximate surface area is 124 Å². The zero-order chi connectivity index (χ0) is 15.1. The van der Waals surface area contributed by atoms with Gasteiger partial charge in [-0.25, -0.2) is 4.79 Å². The summed E-state index contributed by atoms with van der Waals surface area (Å²) in [5.41, 5.74) is 7.20. The van der Waals surface area contributed by atoms with Crippen LogP contribution in [0, 0.1) is 0 Å². The molecule has 1 saturated heterocycles. The number of likely N-dealkylation sites (tertiary alicyclic amines) is 1. The van der Waals surface area contributed by atoms with Crippen molar-refractivity contribution in [2.24, 2.45) is 5.73 Å². The summed E-state index contributed by atoms with van der Waals surface area (Å²) in [7, 11) is 0. The first-order valence-corrected chi connectivity index (χ1v) is 7.30. The highest BCUT2D eigenvalue weighted by atomic mass is 16.2. The number of hydrogen-bond donors (Lipinski definition) is 3. The number of nitrogens with two attached hydrogens (primary N) is 1. The van der Waals surface area contributed by atoms with Crippen LogP contribution in [0.2, 0.25) is 0 Å². The van der Waals surface area contributed by atoms with Gasteiger partial charge in [0.2, 0.25) is 5.91 Å². The molecule has 0 bridgehead atoms. The minimum absolute atomic E-state index is 0.109. The Morgan fingerprint density at radius 1 is 1.24 bits per heavy atom. The Balaban J connectivity index is 1.70. The molecule has 1 aromatic carbocycles. The number of urea groups is 1. The van der Waals surface area contributed by atoms with Gasteiger partial charge in [0, 0.05) is 38.3 Å². The predicted molar refractivity (Wildman–Crippen MR) is 81.8 cm³/mol. The van der Waals surface area contributed by atoms with Crippen LogP contribution in [0.25, 0.3) is 0 Å². The maximum absolute atomic E-state index is 11.8. The lowest BCUT2D eigenvalue weighted by atomic mass is 10.2. The lowest BCUT2D eigenvalue weighted by Gasteiger charge is -2.15. The lowest BCUT2D eigenvalue weighted by Crippen LogP contribution is -2.34. The number of carbonyl (C=O) groups excluding carboxylic acids is 2. The number of rotatable bonds is 5. The third-order valence-corrected chi connectivity index (χ3v) is 3.50. The first kappa shape index (κ1) is 15.3. The molecule has 1 aromatic rings. The van der Waals surface area contributed by atoms with Gasteiger partial charge < -0.3 is 21.3 Å². The highest BCUT2D eigenvalue weighted by molar-refractivity contribution is 5.89.